The van der Waals surface area contributed by atoms with Gasteiger partial charge in [0.15, 0.2) is 11.8 Å². The molecular formula is C20H31N7O. The lowest BCUT2D eigenvalue weighted by Gasteiger charge is -2.25. The number of aromatic nitrogens is 3. The number of benzene rings is 1. The van der Waals surface area contributed by atoms with Crippen LogP contribution in [0, 0.1) is 0 Å². The first-order valence-corrected chi connectivity index (χ1v) is 9.81. The molecule has 152 valence electrons. The van der Waals surface area contributed by atoms with E-state index in [0.717, 1.165) is 43.5 Å². The minimum atomic E-state index is 0.276. The number of rotatable bonds is 7. The summed E-state index contributed by atoms with van der Waals surface area (Å²) in [6.45, 7) is 4.78. The van der Waals surface area contributed by atoms with Crippen LogP contribution in [0.3, 0.4) is 0 Å². The average molecular weight is 386 g/mol. The van der Waals surface area contributed by atoms with Gasteiger partial charge in [-0.1, -0.05) is 12.1 Å². The lowest BCUT2D eigenvalue weighted by Crippen LogP contribution is -2.47. The zero-order valence-electron chi connectivity index (χ0n) is 17.3. The summed E-state index contributed by atoms with van der Waals surface area (Å²) in [4.78, 5) is 11.4. The maximum absolute atomic E-state index is 5.14. The summed E-state index contributed by atoms with van der Waals surface area (Å²) >= 11 is 0. The van der Waals surface area contributed by atoms with E-state index in [1.807, 2.05) is 18.8 Å². The van der Waals surface area contributed by atoms with Crippen LogP contribution < -0.4 is 15.5 Å². The van der Waals surface area contributed by atoms with Crippen molar-refractivity contribution < 1.29 is 4.74 Å². The van der Waals surface area contributed by atoms with E-state index in [9.17, 15) is 0 Å². The summed E-state index contributed by atoms with van der Waals surface area (Å²) in [6, 6.07) is 8.77. The number of fused-ring (bicyclic) bond motifs is 1. The van der Waals surface area contributed by atoms with Gasteiger partial charge in [-0.25, -0.2) is 14.7 Å². The van der Waals surface area contributed by atoms with Crippen LogP contribution in [0.5, 0.6) is 0 Å². The molecule has 1 atom stereocenters. The van der Waals surface area contributed by atoms with Gasteiger partial charge in [0, 0.05) is 45.9 Å². The third kappa shape index (κ3) is 5.22. The van der Waals surface area contributed by atoms with Crippen molar-refractivity contribution in [2.45, 2.75) is 45.5 Å². The van der Waals surface area contributed by atoms with E-state index in [1.165, 1.54) is 11.3 Å². The average Bonchev–Trinajstić information content (AvgIpc) is 3.08. The van der Waals surface area contributed by atoms with Gasteiger partial charge in [0.05, 0.1) is 13.1 Å². The Morgan fingerprint density at radius 2 is 2.11 bits per heavy atom. The molecule has 1 aromatic carbocycles. The molecule has 0 radical (unpaired) electrons. The predicted molar refractivity (Wildman–Crippen MR) is 112 cm³/mol. The lowest BCUT2D eigenvalue weighted by atomic mass is 10.1. The molecule has 1 aliphatic heterocycles. The van der Waals surface area contributed by atoms with Gasteiger partial charge in [0.2, 0.25) is 0 Å². The number of methoxy groups -OCH3 is 1. The number of aryl methyl sites for hydroxylation is 1. The summed E-state index contributed by atoms with van der Waals surface area (Å²) < 4.78 is 7.12. The fourth-order valence-electron chi connectivity index (χ4n) is 3.25. The number of aliphatic imine (C=N–C) groups is 1. The minimum Gasteiger partial charge on any atom is -0.378 e. The summed E-state index contributed by atoms with van der Waals surface area (Å²) in [5.74, 6) is 2.62. The molecule has 2 aromatic rings. The molecule has 1 aliphatic rings. The first-order chi connectivity index (χ1) is 13.6. The molecule has 0 bridgehead atoms. The van der Waals surface area contributed by atoms with Gasteiger partial charge in [-0.3, -0.25) is 0 Å². The Balaban J connectivity index is 1.61. The van der Waals surface area contributed by atoms with E-state index in [-0.39, 0.29) is 6.04 Å². The molecule has 2 N–H and O–H groups in total. The Kier molecular flexibility index (Phi) is 6.86. The van der Waals surface area contributed by atoms with Gasteiger partial charge in [-0.05, 0) is 31.0 Å². The molecule has 3 rings (SSSR count). The summed E-state index contributed by atoms with van der Waals surface area (Å²) in [5, 5.41) is 11.4. The maximum atomic E-state index is 5.14. The van der Waals surface area contributed by atoms with E-state index < -0.39 is 0 Å². The second-order valence-electron chi connectivity index (χ2n) is 7.20. The van der Waals surface area contributed by atoms with Crippen LogP contribution in [0.1, 0.15) is 30.6 Å². The van der Waals surface area contributed by atoms with Crippen LogP contribution in [-0.2, 0) is 30.9 Å². The highest BCUT2D eigenvalue weighted by atomic mass is 16.5. The van der Waals surface area contributed by atoms with E-state index in [0.29, 0.717) is 13.2 Å². The lowest BCUT2D eigenvalue weighted by molar-refractivity contribution is 0.177. The monoisotopic (exact) mass is 385 g/mol. The topological polar surface area (TPSA) is 79.6 Å². The molecule has 0 saturated carbocycles. The number of ether oxygens (including phenoxy) is 1. The van der Waals surface area contributed by atoms with Crippen molar-refractivity contribution in [2.24, 2.45) is 4.99 Å². The van der Waals surface area contributed by atoms with Gasteiger partial charge in [-0.2, -0.15) is 5.10 Å². The Hall–Kier alpha value is -2.61. The molecule has 0 fully saturated rings. The summed E-state index contributed by atoms with van der Waals surface area (Å²) in [5.41, 5.74) is 2.38. The number of guanidine groups is 1. The van der Waals surface area contributed by atoms with E-state index in [1.54, 1.807) is 7.11 Å². The first-order valence-electron chi connectivity index (χ1n) is 9.81. The number of hydrogen-bond donors (Lipinski definition) is 2. The molecule has 1 unspecified atom stereocenters. The highest BCUT2D eigenvalue weighted by molar-refractivity contribution is 5.80. The molecule has 8 nitrogen and oxygen atoms in total. The fraction of sp³-hybridized carbons (Fsp3) is 0.550. The van der Waals surface area contributed by atoms with Gasteiger partial charge in [0.25, 0.3) is 0 Å². The third-order valence-corrected chi connectivity index (χ3v) is 4.73. The number of hydrogen-bond acceptors (Lipinski definition) is 5. The van der Waals surface area contributed by atoms with Gasteiger partial charge < -0.3 is 20.3 Å². The van der Waals surface area contributed by atoms with Crippen LogP contribution in [-0.4, -0.2) is 54.5 Å². The van der Waals surface area contributed by atoms with Crippen molar-refractivity contribution in [3.8, 4) is 0 Å². The van der Waals surface area contributed by atoms with Crippen LogP contribution in [0.25, 0.3) is 0 Å². The van der Waals surface area contributed by atoms with Gasteiger partial charge in [0.1, 0.15) is 12.4 Å². The number of anilines is 1. The second-order valence-corrected chi connectivity index (χ2v) is 7.20. The van der Waals surface area contributed by atoms with E-state index in [2.05, 4.69) is 56.8 Å². The van der Waals surface area contributed by atoms with Crippen molar-refractivity contribution >= 4 is 11.6 Å². The Labute approximate surface area is 167 Å². The molecule has 1 aromatic heterocycles. The van der Waals surface area contributed by atoms with Crippen molar-refractivity contribution in [1.82, 2.24) is 25.4 Å². The fourth-order valence-corrected chi connectivity index (χ4v) is 3.25. The summed E-state index contributed by atoms with van der Waals surface area (Å²) in [7, 11) is 5.75. The van der Waals surface area contributed by atoms with Crippen LogP contribution in [0.4, 0.5) is 5.69 Å². The molecule has 0 aliphatic carbocycles. The molecule has 0 spiro atoms. The van der Waals surface area contributed by atoms with Gasteiger partial charge >= 0.3 is 0 Å². The second kappa shape index (κ2) is 9.54. The SMILES string of the molecule is CCNC(=NCc1ccc(N(C)C)cc1)NC1CCc2nc(COC)nn2C1. The number of nitrogens with zero attached hydrogens (tertiary/aromatic N) is 5. The number of nitrogens with one attached hydrogen (secondary N) is 2. The largest absolute Gasteiger partial charge is 0.378 e. The van der Waals surface area contributed by atoms with Crippen molar-refractivity contribution in [1.29, 1.82) is 0 Å². The molecule has 28 heavy (non-hydrogen) atoms. The highest BCUT2D eigenvalue weighted by Gasteiger charge is 2.22. The van der Waals surface area contributed by atoms with Crippen LogP contribution in [0.15, 0.2) is 29.3 Å². The van der Waals surface area contributed by atoms with Gasteiger partial charge in [-0.15, -0.1) is 0 Å². The van der Waals surface area contributed by atoms with Crippen molar-refractivity contribution in [3.05, 3.63) is 41.5 Å². The van der Waals surface area contributed by atoms with Crippen molar-refractivity contribution in [3.63, 3.8) is 0 Å². The molecular weight excluding hydrogens is 354 g/mol. The molecule has 0 saturated heterocycles. The molecule has 8 heteroatoms. The quantitative estimate of drug-likeness (QED) is 0.556. The summed E-state index contributed by atoms with van der Waals surface area (Å²) in [6.07, 6.45) is 1.91. The predicted octanol–water partition coefficient (Wildman–Crippen LogP) is 1.56. The first kappa shape index (κ1) is 20.1. The van der Waals surface area contributed by atoms with Crippen molar-refractivity contribution in [2.75, 3.05) is 32.6 Å². The standard InChI is InChI=1S/C20H31N7O/c1-5-21-20(22-12-15-6-9-17(10-7-15)26(2)3)23-16-8-11-19-24-18(14-28-4)25-27(19)13-16/h6-7,9-10,16H,5,8,11-14H2,1-4H3,(H2,21,22,23). The third-order valence-electron chi connectivity index (χ3n) is 4.73. The van der Waals surface area contributed by atoms with E-state index >= 15 is 0 Å². The zero-order chi connectivity index (χ0) is 19.9. The Morgan fingerprint density at radius 1 is 1.32 bits per heavy atom. The normalized spacial score (nSPS) is 16.6. The Morgan fingerprint density at radius 3 is 2.79 bits per heavy atom. The highest BCUT2D eigenvalue weighted by Crippen LogP contribution is 2.14. The molecule has 0 amide bonds. The van der Waals surface area contributed by atoms with Crippen LogP contribution in [0.2, 0.25) is 0 Å². The zero-order valence-corrected chi connectivity index (χ0v) is 17.3. The molecule has 2 heterocycles. The smallest absolute Gasteiger partial charge is 0.191 e. The maximum Gasteiger partial charge on any atom is 0.191 e. The van der Waals surface area contributed by atoms with Crippen LogP contribution >= 0.6 is 0 Å². The Bertz CT molecular complexity index is 782. The van der Waals surface area contributed by atoms with E-state index in [4.69, 9.17) is 9.73 Å². The minimum absolute atomic E-state index is 0.276.